The first-order chi connectivity index (χ1) is 6.56. The van der Waals surface area contributed by atoms with Crippen LogP contribution in [0.1, 0.15) is 19.8 Å². The van der Waals surface area contributed by atoms with Crippen LogP contribution in [-0.2, 0) is 9.59 Å². The summed E-state index contributed by atoms with van der Waals surface area (Å²) >= 11 is 1.55. The first-order valence-electron chi connectivity index (χ1n) is 4.57. The molecule has 0 saturated carbocycles. The number of ketones is 1. The largest absolute Gasteiger partial charge is 0.315 e. The van der Waals surface area contributed by atoms with Gasteiger partial charge in [-0.1, -0.05) is 6.58 Å². The van der Waals surface area contributed by atoms with Crippen molar-refractivity contribution >= 4 is 23.5 Å². The second-order valence-corrected chi connectivity index (χ2v) is 4.48. The van der Waals surface area contributed by atoms with E-state index in [0.717, 1.165) is 12.1 Å². The fourth-order valence-electron chi connectivity index (χ4n) is 1.46. The molecule has 0 spiro atoms. The number of nitrogens with zero attached hydrogens (tertiary/aromatic N) is 1. The van der Waals surface area contributed by atoms with Crippen LogP contribution in [0.2, 0.25) is 0 Å². The molecule has 0 radical (unpaired) electrons. The molecule has 1 unspecified atom stereocenters. The summed E-state index contributed by atoms with van der Waals surface area (Å²) in [7, 11) is 0. The molecule has 0 aromatic rings. The lowest BCUT2D eigenvalue weighted by atomic mass is 10.3. The highest BCUT2D eigenvalue weighted by molar-refractivity contribution is 7.99. The highest BCUT2D eigenvalue weighted by atomic mass is 32.2. The van der Waals surface area contributed by atoms with Crippen LogP contribution in [0.25, 0.3) is 0 Å². The Morgan fingerprint density at radius 3 is 2.79 bits per heavy atom. The molecule has 0 bridgehead atoms. The lowest BCUT2D eigenvalue weighted by molar-refractivity contribution is -0.126. The Labute approximate surface area is 88.5 Å². The summed E-state index contributed by atoms with van der Waals surface area (Å²) in [6.45, 7) is 5.87. The number of likely N-dealkylation sites (tertiary alicyclic amines) is 1. The third kappa shape index (κ3) is 2.38. The van der Waals surface area contributed by atoms with Gasteiger partial charge in [0.2, 0.25) is 5.91 Å². The molecule has 0 aromatic carbocycles. The standard InChI is InChI=1S/C10H15NO2S/c1-7-6-9(14-3)10(13)11(7)5-4-8(2)12/h9H,1,4-6H2,2-3H3. The molecule has 78 valence electrons. The predicted octanol–water partition coefficient (Wildman–Crippen LogP) is 1.44. The number of thioether (sulfide) groups is 1. The highest BCUT2D eigenvalue weighted by Gasteiger charge is 2.33. The van der Waals surface area contributed by atoms with Crippen molar-refractivity contribution in [2.75, 3.05) is 12.8 Å². The predicted molar refractivity (Wildman–Crippen MR) is 58.1 cm³/mol. The second kappa shape index (κ2) is 4.64. The Kier molecular flexibility index (Phi) is 3.75. The van der Waals surface area contributed by atoms with E-state index in [1.54, 1.807) is 16.7 Å². The molecule has 0 N–H and O–H groups in total. The van der Waals surface area contributed by atoms with E-state index in [4.69, 9.17) is 0 Å². The van der Waals surface area contributed by atoms with Crippen LogP contribution in [0, 0.1) is 0 Å². The minimum atomic E-state index is 0.00876. The first kappa shape index (κ1) is 11.3. The van der Waals surface area contributed by atoms with Gasteiger partial charge >= 0.3 is 0 Å². The Morgan fingerprint density at radius 1 is 1.71 bits per heavy atom. The van der Waals surface area contributed by atoms with Crippen molar-refractivity contribution in [2.45, 2.75) is 25.0 Å². The van der Waals surface area contributed by atoms with Crippen LogP contribution >= 0.6 is 11.8 Å². The molecule has 14 heavy (non-hydrogen) atoms. The van der Waals surface area contributed by atoms with E-state index < -0.39 is 0 Å². The second-order valence-electron chi connectivity index (χ2n) is 3.44. The zero-order valence-electron chi connectivity index (χ0n) is 8.58. The molecule has 1 heterocycles. The minimum absolute atomic E-state index is 0.00876. The van der Waals surface area contributed by atoms with Gasteiger partial charge in [0.15, 0.2) is 0 Å². The summed E-state index contributed by atoms with van der Waals surface area (Å²) in [5.74, 6) is 0.210. The number of amides is 1. The Morgan fingerprint density at radius 2 is 2.36 bits per heavy atom. The molecule has 0 aromatic heterocycles. The topological polar surface area (TPSA) is 37.4 Å². The van der Waals surface area contributed by atoms with E-state index in [9.17, 15) is 9.59 Å². The average Bonchev–Trinajstić information content (AvgIpc) is 2.39. The van der Waals surface area contributed by atoms with Gasteiger partial charge in [0.25, 0.3) is 0 Å². The van der Waals surface area contributed by atoms with Gasteiger partial charge in [-0.2, -0.15) is 11.8 Å². The Bertz CT molecular complexity index is 275. The Balaban J connectivity index is 2.56. The van der Waals surface area contributed by atoms with Crippen molar-refractivity contribution in [3.05, 3.63) is 12.3 Å². The monoisotopic (exact) mass is 213 g/mol. The molecule has 1 atom stereocenters. The molecular weight excluding hydrogens is 198 g/mol. The van der Waals surface area contributed by atoms with Crippen LogP contribution in [0.3, 0.4) is 0 Å². The fraction of sp³-hybridized carbons (Fsp3) is 0.600. The van der Waals surface area contributed by atoms with Crippen molar-refractivity contribution in [2.24, 2.45) is 0 Å². The fourth-order valence-corrected chi connectivity index (χ4v) is 2.15. The number of allylic oxidation sites excluding steroid dienone is 1. The summed E-state index contributed by atoms with van der Waals surface area (Å²) in [6.07, 6.45) is 3.06. The maximum atomic E-state index is 11.7. The quantitative estimate of drug-likeness (QED) is 0.709. The molecule has 1 saturated heterocycles. The number of hydrogen-bond donors (Lipinski definition) is 0. The third-order valence-corrected chi connectivity index (χ3v) is 3.25. The summed E-state index contributed by atoms with van der Waals surface area (Å²) in [5, 5.41) is 0.00876. The van der Waals surface area contributed by atoms with E-state index in [-0.39, 0.29) is 16.9 Å². The van der Waals surface area contributed by atoms with Crippen molar-refractivity contribution < 1.29 is 9.59 Å². The van der Waals surface area contributed by atoms with Crippen molar-refractivity contribution in [1.29, 1.82) is 0 Å². The molecular formula is C10H15NO2S. The molecule has 4 heteroatoms. The third-order valence-electron chi connectivity index (χ3n) is 2.32. The zero-order valence-corrected chi connectivity index (χ0v) is 9.39. The molecule has 1 rings (SSSR count). The number of rotatable bonds is 4. The van der Waals surface area contributed by atoms with E-state index in [0.29, 0.717) is 13.0 Å². The lowest BCUT2D eigenvalue weighted by Crippen LogP contribution is -2.29. The van der Waals surface area contributed by atoms with Gasteiger partial charge in [0.05, 0.1) is 5.25 Å². The summed E-state index contributed by atoms with van der Waals surface area (Å²) in [5.41, 5.74) is 0.843. The molecule has 3 nitrogen and oxygen atoms in total. The molecule has 1 amide bonds. The number of Topliss-reactive ketones (excluding diaryl/α,β-unsaturated/α-hetero) is 1. The van der Waals surface area contributed by atoms with Crippen LogP contribution in [0.15, 0.2) is 12.3 Å². The van der Waals surface area contributed by atoms with Crippen LogP contribution in [0.5, 0.6) is 0 Å². The van der Waals surface area contributed by atoms with Crippen LogP contribution < -0.4 is 0 Å². The molecule has 0 aliphatic carbocycles. The average molecular weight is 213 g/mol. The molecule has 1 aliphatic heterocycles. The maximum Gasteiger partial charge on any atom is 0.240 e. The minimum Gasteiger partial charge on any atom is -0.315 e. The van der Waals surface area contributed by atoms with Gasteiger partial charge in [0, 0.05) is 25.1 Å². The van der Waals surface area contributed by atoms with Crippen LogP contribution in [0.4, 0.5) is 0 Å². The van der Waals surface area contributed by atoms with E-state index in [2.05, 4.69) is 6.58 Å². The Hall–Kier alpha value is -0.770. The maximum absolute atomic E-state index is 11.7. The zero-order chi connectivity index (χ0) is 10.7. The van der Waals surface area contributed by atoms with Crippen molar-refractivity contribution in [3.63, 3.8) is 0 Å². The van der Waals surface area contributed by atoms with Crippen molar-refractivity contribution in [3.8, 4) is 0 Å². The highest BCUT2D eigenvalue weighted by Crippen LogP contribution is 2.28. The summed E-state index contributed by atoms with van der Waals surface area (Å²) in [4.78, 5) is 24.1. The normalized spacial score (nSPS) is 21.9. The van der Waals surface area contributed by atoms with Gasteiger partial charge in [-0.3, -0.25) is 9.59 Å². The number of carbonyl (C=O) groups excluding carboxylic acids is 2. The van der Waals surface area contributed by atoms with E-state index >= 15 is 0 Å². The van der Waals surface area contributed by atoms with Gasteiger partial charge in [-0.25, -0.2) is 0 Å². The van der Waals surface area contributed by atoms with Crippen LogP contribution in [-0.4, -0.2) is 34.6 Å². The first-order valence-corrected chi connectivity index (χ1v) is 5.86. The molecule has 1 fully saturated rings. The summed E-state index contributed by atoms with van der Waals surface area (Å²) < 4.78 is 0. The lowest BCUT2D eigenvalue weighted by Gasteiger charge is -2.16. The van der Waals surface area contributed by atoms with Gasteiger partial charge in [0.1, 0.15) is 5.78 Å². The smallest absolute Gasteiger partial charge is 0.240 e. The van der Waals surface area contributed by atoms with E-state index in [1.165, 1.54) is 6.92 Å². The molecule has 1 aliphatic rings. The summed E-state index contributed by atoms with van der Waals surface area (Å²) in [6, 6.07) is 0. The van der Waals surface area contributed by atoms with E-state index in [1.807, 2.05) is 6.26 Å². The number of carbonyl (C=O) groups is 2. The van der Waals surface area contributed by atoms with Gasteiger partial charge < -0.3 is 4.90 Å². The number of hydrogen-bond acceptors (Lipinski definition) is 3. The van der Waals surface area contributed by atoms with Crippen molar-refractivity contribution in [1.82, 2.24) is 4.90 Å². The van der Waals surface area contributed by atoms with Gasteiger partial charge in [-0.05, 0) is 13.2 Å². The van der Waals surface area contributed by atoms with Gasteiger partial charge in [-0.15, -0.1) is 0 Å². The SMILES string of the molecule is C=C1CC(SC)C(=O)N1CCC(C)=O.